The fourth-order valence-electron chi connectivity index (χ4n) is 6.69. The summed E-state index contributed by atoms with van der Waals surface area (Å²) in [5, 5.41) is 0. The van der Waals surface area contributed by atoms with Gasteiger partial charge in [0.25, 0.3) is 0 Å². The molecule has 0 aromatic heterocycles. The Morgan fingerprint density at radius 1 is 1.16 bits per heavy atom. The number of rotatable bonds is 1. The summed E-state index contributed by atoms with van der Waals surface area (Å²) in [6.07, 6.45) is 10.1. The zero-order valence-electron chi connectivity index (χ0n) is 11.9. The lowest BCUT2D eigenvalue weighted by molar-refractivity contribution is -0.169. The summed E-state index contributed by atoms with van der Waals surface area (Å²) in [5.41, 5.74) is 0.283. The van der Waals surface area contributed by atoms with Crippen molar-refractivity contribution in [3.05, 3.63) is 0 Å². The Kier molecular flexibility index (Phi) is 1.88. The number of carbonyl (C=O) groups excluding carboxylic acids is 1. The van der Waals surface area contributed by atoms with E-state index in [1.54, 1.807) is 0 Å². The quantitative estimate of drug-likeness (QED) is 0.674. The van der Waals surface area contributed by atoms with Crippen LogP contribution in [-0.4, -0.2) is 11.6 Å². The minimum Gasteiger partial charge on any atom is -0.458 e. The molecule has 1 aliphatic heterocycles. The number of hydrogen-bond acceptors (Lipinski definition) is 2. The van der Waals surface area contributed by atoms with Crippen molar-refractivity contribution < 1.29 is 9.53 Å². The van der Waals surface area contributed by atoms with Crippen LogP contribution in [-0.2, 0) is 9.53 Å². The second-order valence-corrected chi connectivity index (χ2v) is 8.21. The van der Waals surface area contributed by atoms with Crippen molar-refractivity contribution in [1.29, 1.82) is 0 Å². The Hall–Kier alpha value is -0.530. The molecule has 1 saturated heterocycles. The molecule has 5 rings (SSSR count). The average Bonchev–Trinajstić information content (AvgIpc) is 3.28. The summed E-state index contributed by atoms with van der Waals surface area (Å²) in [7, 11) is 0. The molecule has 0 bridgehead atoms. The van der Waals surface area contributed by atoms with Crippen LogP contribution in [0.4, 0.5) is 0 Å². The lowest BCUT2D eigenvalue weighted by Crippen LogP contribution is -2.52. The first kappa shape index (κ1) is 11.2. The van der Waals surface area contributed by atoms with Crippen molar-refractivity contribution in [3.63, 3.8) is 0 Å². The monoisotopic (exact) mass is 260 g/mol. The summed E-state index contributed by atoms with van der Waals surface area (Å²) >= 11 is 0. The van der Waals surface area contributed by atoms with Gasteiger partial charge in [-0.05, 0) is 62.2 Å². The van der Waals surface area contributed by atoms with Crippen molar-refractivity contribution in [2.75, 3.05) is 0 Å². The molecule has 1 heterocycles. The highest BCUT2D eigenvalue weighted by atomic mass is 16.6. The molecule has 5 aliphatic rings. The van der Waals surface area contributed by atoms with Gasteiger partial charge in [-0.1, -0.05) is 13.3 Å². The van der Waals surface area contributed by atoms with Gasteiger partial charge >= 0.3 is 5.97 Å². The highest BCUT2D eigenvalue weighted by molar-refractivity contribution is 5.73. The van der Waals surface area contributed by atoms with Crippen LogP contribution in [0.5, 0.6) is 0 Å². The van der Waals surface area contributed by atoms with Gasteiger partial charge in [0.1, 0.15) is 5.60 Å². The lowest BCUT2D eigenvalue weighted by atomic mass is 9.56. The van der Waals surface area contributed by atoms with Gasteiger partial charge in [-0.2, -0.15) is 0 Å². The maximum atomic E-state index is 11.8. The minimum atomic E-state index is -0.0347. The molecule has 2 nitrogen and oxygen atoms in total. The van der Waals surface area contributed by atoms with E-state index in [1.165, 1.54) is 38.5 Å². The fraction of sp³-hybridized carbons (Fsp3) is 0.941. The maximum Gasteiger partial charge on any atom is 0.306 e. The highest BCUT2D eigenvalue weighted by Crippen LogP contribution is 2.77. The Morgan fingerprint density at radius 3 is 2.68 bits per heavy atom. The van der Waals surface area contributed by atoms with Gasteiger partial charge in [0.2, 0.25) is 0 Å². The van der Waals surface area contributed by atoms with E-state index in [2.05, 4.69) is 6.92 Å². The van der Waals surface area contributed by atoms with Crippen molar-refractivity contribution in [3.8, 4) is 0 Å². The number of carbonyl (C=O) groups is 1. The van der Waals surface area contributed by atoms with Gasteiger partial charge in [-0.3, -0.25) is 4.79 Å². The van der Waals surface area contributed by atoms with Gasteiger partial charge in [0, 0.05) is 17.8 Å². The van der Waals surface area contributed by atoms with Crippen molar-refractivity contribution in [1.82, 2.24) is 0 Å². The summed E-state index contributed by atoms with van der Waals surface area (Å²) in [4.78, 5) is 11.8. The molecule has 2 heteroatoms. The van der Waals surface area contributed by atoms with E-state index in [9.17, 15) is 4.79 Å². The van der Waals surface area contributed by atoms with Crippen LogP contribution >= 0.6 is 0 Å². The zero-order valence-corrected chi connectivity index (χ0v) is 11.9. The largest absolute Gasteiger partial charge is 0.458 e. The van der Waals surface area contributed by atoms with E-state index in [1.807, 2.05) is 0 Å². The highest BCUT2D eigenvalue weighted by Gasteiger charge is 2.78. The van der Waals surface area contributed by atoms with Crippen molar-refractivity contribution in [2.24, 2.45) is 35.0 Å². The van der Waals surface area contributed by atoms with Gasteiger partial charge < -0.3 is 4.74 Å². The molecular formula is C17H24O2. The molecule has 0 aromatic rings. The first-order valence-electron chi connectivity index (χ1n) is 8.37. The Morgan fingerprint density at radius 2 is 2.00 bits per heavy atom. The Balaban J connectivity index is 1.58. The average molecular weight is 260 g/mol. The van der Waals surface area contributed by atoms with E-state index >= 15 is 0 Å². The number of esters is 1. The Labute approximate surface area is 115 Å². The van der Waals surface area contributed by atoms with Crippen LogP contribution in [0.2, 0.25) is 0 Å². The zero-order chi connectivity index (χ0) is 12.8. The van der Waals surface area contributed by atoms with Gasteiger partial charge in [-0.25, -0.2) is 0 Å². The van der Waals surface area contributed by atoms with Crippen LogP contribution in [0.1, 0.15) is 58.3 Å². The number of hydrogen-bond donors (Lipinski definition) is 0. The van der Waals surface area contributed by atoms with E-state index < -0.39 is 0 Å². The topological polar surface area (TPSA) is 26.3 Å². The summed E-state index contributed by atoms with van der Waals surface area (Å²) < 4.78 is 6.05. The van der Waals surface area contributed by atoms with E-state index in [0.29, 0.717) is 11.8 Å². The summed E-state index contributed by atoms with van der Waals surface area (Å²) in [6.45, 7) is 2.48. The van der Waals surface area contributed by atoms with Gasteiger partial charge in [-0.15, -0.1) is 0 Å². The first-order valence-corrected chi connectivity index (χ1v) is 8.37. The molecule has 104 valence electrons. The normalized spacial score (nSPS) is 58.9. The molecule has 0 amide bonds. The third-order valence-electron chi connectivity index (χ3n) is 7.52. The standard InChI is InChI=1S/C17H24O2/c1-16-7-2-3-11(10-4-5-10)15(16)12-9-13(12)17(16)8-6-14(18)19-17/h10-13,15H,2-9H2,1H3. The predicted octanol–water partition coefficient (Wildman–Crippen LogP) is 3.54. The summed E-state index contributed by atoms with van der Waals surface area (Å²) in [6, 6.07) is 0. The van der Waals surface area contributed by atoms with Crippen molar-refractivity contribution >= 4 is 5.97 Å². The predicted molar refractivity (Wildman–Crippen MR) is 71.3 cm³/mol. The summed E-state index contributed by atoms with van der Waals surface area (Å²) in [5.74, 6) is 4.59. The van der Waals surface area contributed by atoms with E-state index in [0.717, 1.165) is 36.0 Å². The van der Waals surface area contributed by atoms with E-state index in [4.69, 9.17) is 4.74 Å². The van der Waals surface area contributed by atoms with Crippen LogP contribution in [0.25, 0.3) is 0 Å². The first-order chi connectivity index (χ1) is 9.16. The molecule has 0 radical (unpaired) electrons. The minimum absolute atomic E-state index is 0.0347. The van der Waals surface area contributed by atoms with Gasteiger partial charge in [0.05, 0.1) is 0 Å². The molecule has 4 aliphatic carbocycles. The Bertz CT molecular complexity index is 454. The SMILES string of the molecule is CC12CCCC(C3CC3)C1C1CC1C21CCC(=O)O1. The van der Waals surface area contributed by atoms with Gasteiger partial charge in [0.15, 0.2) is 0 Å². The third-order valence-corrected chi connectivity index (χ3v) is 7.52. The molecule has 5 fully saturated rings. The van der Waals surface area contributed by atoms with Crippen LogP contribution in [0.3, 0.4) is 0 Å². The second kappa shape index (κ2) is 3.20. The van der Waals surface area contributed by atoms with Crippen LogP contribution < -0.4 is 0 Å². The fourth-order valence-corrected chi connectivity index (χ4v) is 6.69. The number of fused-ring (bicyclic) bond motifs is 5. The smallest absolute Gasteiger partial charge is 0.306 e. The molecule has 1 spiro atoms. The molecule has 6 atom stereocenters. The van der Waals surface area contributed by atoms with E-state index in [-0.39, 0.29) is 11.6 Å². The van der Waals surface area contributed by atoms with Crippen LogP contribution in [0, 0.1) is 35.0 Å². The lowest BCUT2D eigenvalue weighted by Gasteiger charge is -2.51. The number of ether oxygens (including phenoxy) is 1. The molecule has 6 unspecified atom stereocenters. The molecule has 4 saturated carbocycles. The molecular weight excluding hydrogens is 236 g/mol. The second-order valence-electron chi connectivity index (χ2n) is 8.21. The maximum absolute atomic E-state index is 11.8. The molecule has 19 heavy (non-hydrogen) atoms. The molecule has 0 N–H and O–H groups in total. The van der Waals surface area contributed by atoms with Crippen LogP contribution in [0.15, 0.2) is 0 Å². The molecule has 0 aromatic carbocycles. The third kappa shape index (κ3) is 1.18. The van der Waals surface area contributed by atoms with Crippen molar-refractivity contribution in [2.45, 2.75) is 63.9 Å².